The highest BCUT2D eigenvalue weighted by Gasteiger charge is 2.31. The third-order valence-corrected chi connectivity index (χ3v) is 6.34. The zero-order valence-corrected chi connectivity index (χ0v) is 20.1. The summed E-state index contributed by atoms with van der Waals surface area (Å²) in [5.41, 5.74) is 0. The van der Waals surface area contributed by atoms with Crippen LogP contribution in [0, 0.1) is 0 Å². The maximum absolute atomic E-state index is 12.7. The molecule has 4 nitrogen and oxygen atoms in total. The van der Waals surface area contributed by atoms with E-state index in [4.69, 9.17) is 4.74 Å². The van der Waals surface area contributed by atoms with Crippen molar-refractivity contribution < 1.29 is 14.3 Å². The van der Waals surface area contributed by atoms with Gasteiger partial charge in [-0.15, -0.1) is 0 Å². The Labute approximate surface area is 186 Å². The quantitative estimate of drug-likeness (QED) is 0.214. The number of ketones is 1. The van der Waals surface area contributed by atoms with Crippen LogP contribution in [0.3, 0.4) is 0 Å². The molecule has 0 N–H and O–H groups in total. The van der Waals surface area contributed by atoms with E-state index in [9.17, 15) is 9.59 Å². The van der Waals surface area contributed by atoms with Crippen LogP contribution in [0.2, 0.25) is 0 Å². The molecule has 0 aliphatic carbocycles. The zero-order chi connectivity index (χ0) is 21.9. The molecule has 1 aliphatic rings. The van der Waals surface area contributed by atoms with Crippen LogP contribution in [0.4, 0.5) is 0 Å². The predicted octanol–water partition coefficient (Wildman–Crippen LogP) is 6.84. The maximum atomic E-state index is 12.7. The van der Waals surface area contributed by atoms with Gasteiger partial charge in [0.05, 0.1) is 13.2 Å². The minimum absolute atomic E-state index is 0.151. The highest BCUT2D eigenvalue weighted by molar-refractivity contribution is 5.89. The van der Waals surface area contributed by atoms with E-state index in [1.165, 1.54) is 77.0 Å². The number of ether oxygens (including phenoxy) is 1. The average Bonchev–Trinajstić information content (AvgIpc) is 2.77. The predicted molar refractivity (Wildman–Crippen MR) is 126 cm³/mol. The van der Waals surface area contributed by atoms with Gasteiger partial charge in [0.25, 0.3) is 0 Å². The molecule has 1 atom stereocenters. The van der Waals surface area contributed by atoms with Crippen molar-refractivity contribution in [2.45, 2.75) is 135 Å². The molecule has 1 rings (SSSR count). The molecule has 1 saturated heterocycles. The smallest absolute Gasteiger partial charge is 0.223 e. The first-order valence-corrected chi connectivity index (χ1v) is 13.1. The summed E-state index contributed by atoms with van der Waals surface area (Å²) >= 11 is 0. The Balaban J connectivity index is 2.19. The van der Waals surface area contributed by atoms with Gasteiger partial charge in [0.2, 0.25) is 5.91 Å². The molecule has 1 unspecified atom stereocenters. The van der Waals surface area contributed by atoms with E-state index in [1.54, 1.807) is 0 Å². The molecule has 1 heterocycles. The Morgan fingerprint density at radius 1 is 0.700 bits per heavy atom. The monoisotopic (exact) mass is 423 g/mol. The topological polar surface area (TPSA) is 46.6 Å². The van der Waals surface area contributed by atoms with Crippen molar-refractivity contribution in [3.05, 3.63) is 0 Å². The lowest BCUT2D eigenvalue weighted by Crippen LogP contribution is -2.52. The van der Waals surface area contributed by atoms with Gasteiger partial charge >= 0.3 is 0 Å². The molecular weight excluding hydrogens is 374 g/mol. The van der Waals surface area contributed by atoms with Crippen molar-refractivity contribution in [1.82, 2.24) is 4.90 Å². The standard InChI is InChI=1S/C26H49NO3/c1-3-5-7-9-11-13-15-17-19-25(28)24-23-30-22-21-27(24)26(29)20-18-16-14-12-10-8-6-4-2/h24H,3-23H2,1-2H3. The summed E-state index contributed by atoms with van der Waals surface area (Å²) in [5.74, 6) is 0.350. The highest BCUT2D eigenvalue weighted by atomic mass is 16.5. The Morgan fingerprint density at radius 3 is 1.70 bits per heavy atom. The van der Waals surface area contributed by atoms with Gasteiger partial charge in [-0.05, 0) is 12.8 Å². The molecule has 1 fully saturated rings. The molecule has 0 aromatic heterocycles. The molecule has 0 bridgehead atoms. The molecular formula is C26H49NO3. The Hall–Kier alpha value is -0.900. The van der Waals surface area contributed by atoms with Crippen LogP contribution in [0.25, 0.3) is 0 Å². The van der Waals surface area contributed by atoms with Crippen molar-refractivity contribution in [3.8, 4) is 0 Å². The van der Waals surface area contributed by atoms with E-state index in [0.717, 1.165) is 25.7 Å². The van der Waals surface area contributed by atoms with E-state index in [-0.39, 0.29) is 17.7 Å². The molecule has 0 radical (unpaired) electrons. The van der Waals surface area contributed by atoms with Gasteiger partial charge < -0.3 is 9.64 Å². The fraction of sp³-hybridized carbons (Fsp3) is 0.923. The van der Waals surface area contributed by atoms with Crippen LogP contribution in [0.1, 0.15) is 129 Å². The van der Waals surface area contributed by atoms with Gasteiger partial charge in [-0.3, -0.25) is 9.59 Å². The molecule has 4 heteroatoms. The number of hydrogen-bond donors (Lipinski definition) is 0. The molecule has 176 valence electrons. The first-order chi connectivity index (χ1) is 14.7. The van der Waals surface area contributed by atoms with Crippen LogP contribution in [-0.2, 0) is 14.3 Å². The van der Waals surface area contributed by atoms with Gasteiger partial charge in [-0.1, -0.05) is 104 Å². The summed E-state index contributed by atoms with van der Waals surface area (Å²) in [6.07, 6.45) is 20.9. The van der Waals surface area contributed by atoms with Gasteiger partial charge in [0.1, 0.15) is 6.04 Å². The largest absolute Gasteiger partial charge is 0.377 e. The molecule has 1 aliphatic heterocycles. The number of carbonyl (C=O) groups is 2. The minimum atomic E-state index is -0.343. The van der Waals surface area contributed by atoms with Crippen LogP contribution in [0.15, 0.2) is 0 Å². The summed E-state index contributed by atoms with van der Waals surface area (Å²) in [7, 11) is 0. The van der Waals surface area contributed by atoms with Crippen LogP contribution in [-0.4, -0.2) is 42.4 Å². The second kappa shape index (κ2) is 18.8. The molecule has 1 amide bonds. The number of unbranched alkanes of at least 4 members (excludes halogenated alkanes) is 14. The highest BCUT2D eigenvalue weighted by Crippen LogP contribution is 2.17. The van der Waals surface area contributed by atoms with Crippen molar-refractivity contribution >= 4 is 11.7 Å². The molecule has 0 aromatic carbocycles. The van der Waals surface area contributed by atoms with Crippen molar-refractivity contribution in [1.29, 1.82) is 0 Å². The molecule has 0 spiro atoms. The fourth-order valence-corrected chi connectivity index (χ4v) is 4.32. The number of carbonyl (C=O) groups excluding carboxylic acids is 2. The number of amides is 1. The van der Waals surface area contributed by atoms with Crippen LogP contribution < -0.4 is 0 Å². The minimum Gasteiger partial charge on any atom is -0.377 e. The lowest BCUT2D eigenvalue weighted by Gasteiger charge is -2.34. The molecule has 0 aromatic rings. The third-order valence-electron chi connectivity index (χ3n) is 6.34. The van der Waals surface area contributed by atoms with Gasteiger partial charge in [0.15, 0.2) is 5.78 Å². The first kappa shape index (κ1) is 27.1. The lowest BCUT2D eigenvalue weighted by molar-refractivity contribution is -0.147. The van der Waals surface area contributed by atoms with E-state index < -0.39 is 0 Å². The summed E-state index contributed by atoms with van der Waals surface area (Å²) < 4.78 is 5.54. The Kier molecular flexibility index (Phi) is 17.0. The van der Waals surface area contributed by atoms with Crippen molar-refractivity contribution in [2.24, 2.45) is 0 Å². The van der Waals surface area contributed by atoms with Gasteiger partial charge in [-0.25, -0.2) is 0 Å². The first-order valence-electron chi connectivity index (χ1n) is 13.1. The number of Topliss-reactive ketones (excluding diaryl/α,β-unsaturated/α-hetero) is 1. The number of rotatable bonds is 19. The third kappa shape index (κ3) is 12.7. The summed E-state index contributed by atoms with van der Waals surface area (Å²) in [5, 5.41) is 0. The Bertz CT molecular complexity index is 398. The second-order valence-electron chi connectivity index (χ2n) is 9.09. The number of hydrogen-bond acceptors (Lipinski definition) is 3. The summed E-state index contributed by atoms with van der Waals surface area (Å²) in [6, 6.07) is -0.343. The van der Waals surface area contributed by atoms with Crippen LogP contribution >= 0.6 is 0 Å². The normalized spacial score (nSPS) is 16.7. The van der Waals surface area contributed by atoms with Crippen LogP contribution in [0.5, 0.6) is 0 Å². The lowest BCUT2D eigenvalue weighted by atomic mass is 10.0. The van der Waals surface area contributed by atoms with Gasteiger partial charge in [-0.2, -0.15) is 0 Å². The average molecular weight is 424 g/mol. The second-order valence-corrected chi connectivity index (χ2v) is 9.09. The Morgan fingerprint density at radius 2 is 1.17 bits per heavy atom. The zero-order valence-electron chi connectivity index (χ0n) is 20.1. The summed E-state index contributed by atoms with van der Waals surface area (Å²) in [4.78, 5) is 27.2. The SMILES string of the molecule is CCCCCCCCCCC(=O)C1COCCN1C(=O)CCCCCCCCCC. The fourth-order valence-electron chi connectivity index (χ4n) is 4.32. The van der Waals surface area contributed by atoms with E-state index in [0.29, 0.717) is 32.6 Å². The number of nitrogens with zero attached hydrogens (tertiary/aromatic N) is 1. The number of morpholine rings is 1. The van der Waals surface area contributed by atoms with Gasteiger partial charge in [0, 0.05) is 19.4 Å². The molecule has 30 heavy (non-hydrogen) atoms. The maximum Gasteiger partial charge on any atom is 0.223 e. The van der Waals surface area contributed by atoms with E-state index in [1.807, 2.05) is 4.90 Å². The van der Waals surface area contributed by atoms with E-state index in [2.05, 4.69) is 13.8 Å². The molecule has 0 saturated carbocycles. The van der Waals surface area contributed by atoms with E-state index >= 15 is 0 Å². The van der Waals surface area contributed by atoms with Crippen molar-refractivity contribution in [3.63, 3.8) is 0 Å². The van der Waals surface area contributed by atoms with Crippen molar-refractivity contribution in [2.75, 3.05) is 19.8 Å². The summed E-state index contributed by atoms with van der Waals surface area (Å²) in [6.45, 7) is 6.00.